The number of halogens is 2. The minimum Gasteiger partial charge on any atom is -0.307 e. The lowest BCUT2D eigenvalue weighted by Gasteiger charge is -2.14. The van der Waals surface area contributed by atoms with Crippen molar-refractivity contribution in [2.24, 2.45) is 0 Å². The molecule has 2 rings (SSSR count). The molecule has 4 heteroatoms. The van der Waals surface area contributed by atoms with E-state index in [1.54, 1.807) is 0 Å². The van der Waals surface area contributed by atoms with Gasteiger partial charge in [-0.15, -0.1) is 0 Å². The number of benzene rings is 1. The molecule has 0 saturated carbocycles. The molecule has 1 saturated heterocycles. The van der Waals surface area contributed by atoms with Crippen molar-refractivity contribution in [3.05, 3.63) is 34.6 Å². The lowest BCUT2D eigenvalue weighted by molar-refractivity contribution is -0.120. The molecule has 1 unspecified atom stereocenters. The van der Waals surface area contributed by atoms with Crippen LogP contribution >= 0.6 is 11.6 Å². The molecule has 1 aliphatic heterocycles. The Hall–Kier alpha value is -0.930. The predicted molar refractivity (Wildman–Crippen MR) is 70.4 cm³/mol. The van der Waals surface area contributed by atoms with Gasteiger partial charge in [0.15, 0.2) is 5.78 Å². The average molecular weight is 270 g/mol. The first kappa shape index (κ1) is 13.5. The summed E-state index contributed by atoms with van der Waals surface area (Å²) in [6, 6.07) is 4.05. The molecule has 1 aromatic carbocycles. The van der Waals surface area contributed by atoms with E-state index in [-0.39, 0.29) is 24.1 Å². The fraction of sp³-hybridized carbons (Fsp3) is 0.500. The van der Waals surface area contributed by atoms with Crippen molar-refractivity contribution in [3.63, 3.8) is 0 Å². The Morgan fingerprint density at radius 1 is 1.39 bits per heavy atom. The summed E-state index contributed by atoms with van der Waals surface area (Å²) in [6.07, 6.45) is 4.42. The van der Waals surface area contributed by atoms with Gasteiger partial charge in [0, 0.05) is 11.4 Å². The second kappa shape index (κ2) is 6.30. The molecule has 0 amide bonds. The Morgan fingerprint density at radius 2 is 2.22 bits per heavy atom. The third-order valence-corrected chi connectivity index (χ3v) is 3.69. The van der Waals surface area contributed by atoms with Gasteiger partial charge in [-0.3, -0.25) is 4.79 Å². The number of ketones is 1. The maximum absolute atomic E-state index is 13.1. The second-order valence-corrected chi connectivity index (χ2v) is 5.14. The van der Waals surface area contributed by atoms with Crippen LogP contribution < -0.4 is 5.32 Å². The molecule has 0 bridgehead atoms. The van der Waals surface area contributed by atoms with Crippen molar-refractivity contribution in [1.29, 1.82) is 0 Å². The molecule has 1 aliphatic rings. The van der Waals surface area contributed by atoms with Crippen molar-refractivity contribution < 1.29 is 9.18 Å². The summed E-state index contributed by atoms with van der Waals surface area (Å²) in [4.78, 5) is 12.1. The van der Waals surface area contributed by atoms with E-state index in [9.17, 15) is 9.18 Å². The van der Waals surface area contributed by atoms with Gasteiger partial charge in [-0.2, -0.15) is 0 Å². The van der Waals surface area contributed by atoms with Crippen LogP contribution in [-0.2, 0) is 11.2 Å². The van der Waals surface area contributed by atoms with Crippen LogP contribution in [0.25, 0.3) is 0 Å². The molecule has 1 atom stereocenters. The molecular weight excluding hydrogens is 253 g/mol. The number of Topliss-reactive ketones (excluding diaryl/α,β-unsaturated/α-hetero) is 1. The number of hydrogen-bond donors (Lipinski definition) is 1. The van der Waals surface area contributed by atoms with Crippen LogP contribution in [0.3, 0.4) is 0 Å². The minimum absolute atomic E-state index is 0.101. The van der Waals surface area contributed by atoms with Gasteiger partial charge >= 0.3 is 0 Å². The Balaban J connectivity index is 2.03. The van der Waals surface area contributed by atoms with Crippen LogP contribution in [0.5, 0.6) is 0 Å². The van der Waals surface area contributed by atoms with Crippen LogP contribution in [0.15, 0.2) is 18.2 Å². The Morgan fingerprint density at radius 3 is 3.06 bits per heavy atom. The van der Waals surface area contributed by atoms with E-state index >= 15 is 0 Å². The summed E-state index contributed by atoms with van der Waals surface area (Å²) in [5.41, 5.74) is 0.577. The van der Waals surface area contributed by atoms with Crippen molar-refractivity contribution >= 4 is 17.4 Å². The zero-order valence-electron chi connectivity index (χ0n) is 10.2. The van der Waals surface area contributed by atoms with Gasteiger partial charge in [-0.05, 0) is 43.1 Å². The van der Waals surface area contributed by atoms with Crippen LogP contribution in [-0.4, -0.2) is 18.4 Å². The molecule has 0 aromatic heterocycles. The number of hydrogen-bond acceptors (Lipinski definition) is 2. The van der Waals surface area contributed by atoms with Gasteiger partial charge < -0.3 is 5.32 Å². The highest BCUT2D eigenvalue weighted by Gasteiger charge is 2.20. The first-order chi connectivity index (χ1) is 8.66. The monoisotopic (exact) mass is 269 g/mol. The molecule has 1 heterocycles. The zero-order valence-corrected chi connectivity index (χ0v) is 11.0. The molecule has 98 valence electrons. The first-order valence-corrected chi connectivity index (χ1v) is 6.74. The third-order valence-electron chi connectivity index (χ3n) is 3.32. The van der Waals surface area contributed by atoms with E-state index in [1.165, 1.54) is 18.2 Å². The smallest absolute Gasteiger partial charge is 0.154 e. The minimum atomic E-state index is -0.351. The fourth-order valence-corrected chi connectivity index (χ4v) is 2.48. The van der Waals surface area contributed by atoms with E-state index < -0.39 is 0 Å². The second-order valence-electron chi connectivity index (χ2n) is 4.73. The Bertz CT molecular complexity index is 428. The molecular formula is C14H17ClFNO. The lowest BCUT2D eigenvalue weighted by atomic mass is 10.0. The number of carbonyl (C=O) groups is 1. The normalized spacial score (nSPS) is 20.4. The largest absolute Gasteiger partial charge is 0.307 e. The number of rotatable bonds is 3. The van der Waals surface area contributed by atoms with E-state index in [1.807, 2.05) is 0 Å². The molecule has 1 N–H and O–H groups in total. The van der Waals surface area contributed by atoms with Crippen molar-refractivity contribution in [2.45, 2.75) is 38.1 Å². The summed E-state index contributed by atoms with van der Waals surface area (Å²) in [6.45, 7) is 0.882. The van der Waals surface area contributed by atoms with Crippen LogP contribution in [0.1, 0.15) is 31.2 Å². The van der Waals surface area contributed by atoms with Crippen LogP contribution in [0.4, 0.5) is 4.39 Å². The van der Waals surface area contributed by atoms with Gasteiger partial charge in [-0.1, -0.05) is 24.4 Å². The first-order valence-electron chi connectivity index (χ1n) is 6.37. The standard InChI is InChI=1S/C14H17ClFNO/c15-12-6-5-11(16)8-10(12)9-14(18)13-4-2-1-3-7-17-13/h5-6,8,13,17H,1-4,7,9H2. The molecule has 2 nitrogen and oxygen atoms in total. The van der Waals surface area contributed by atoms with Gasteiger partial charge in [-0.25, -0.2) is 4.39 Å². The van der Waals surface area contributed by atoms with Crippen LogP contribution in [0.2, 0.25) is 5.02 Å². The number of carbonyl (C=O) groups excluding carboxylic acids is 1. The predicted octanol–water partition coefficient (Wildman–Crippen LogP) is 3.12. The topological polar surface area (TPSA) is 29.1 Å². The fourth-order valence-electron chi connectivity index (χ4n) is 2.29. The van der Waals surface area contributed by atoms with Crippen molar-refractivity contribution in [2.75, 3.05) is 6.54 Å². The summed E-state index contributed by atoms with van der Waals surface area (Å²) >= 11 is 5.97. The quantitative estimate of drug-likeness (QED) is 0.913. The highest BCUT2D eigenvalue weighted by molar-refractivity contribution is 6.31. The van der Waals surface area contributed by atoms with Gasteiger partial charge in [0.05, 0.1) is 6.04 Å². The van der Waals surface area contributed by atoms with Crippen molar-refractivity contribution in [3.8, 4) is 0 Å². The van der Waals surface area contributed by atoms with E-state index in [0.717, 1.165) is 32.2 Å². The van der Waals surface area contributed by atoms with E-state index in [4.69, 9.17) is 11.6 Å². The van der Waals surface area contributed by atoms with Gasteiger partial charge in [0.25, 0.3) is 0 Å². The Labute approximate surface area is 112 Å². The molecule has 0 spiro atoms. The highest BCUT2D eigenvalue weighted by Crippen LogP contribution is 2.19. The summed E-state index contributed by atoms with van der Waals surface area (Å²) in [7, 11) is 0. The summed E-state index contributed by atoms with van der Waals surface area (Å²) in [5, 5.41) is 3.71. The summed E-state index contributed by atoms with van der Waals surface area (Å²) in [5.74, 6) is -0.250. The average Bonchev–Trinajstić information content (AvgIpc) is 2.62. The molecule has 1 aromatic rings. The Kier molecular flexibility index (Phi) is 4.72. The SMILES string of the molecule is O=C(Cc1cc(F)ccc1Cl)C1CCCCCN1. The maximum Gasteiger partial charge on any atom is 0.154 e. The molecule has 0 aliphatic carbocycles. The van der Waals surface area contributed by atoms with E-state index in [0.29, 0.717) is 10.6 Å². The van der Waals surface area contributed by atoms with Crippen molar-refractivity contribution in [1.82, 2.24) is 5.32 Å². The highest BCUT2D eigenvalue weighted by atomic mass is 35.5. The number of nitrogens with one attached hydrogen (secondary N) is 1. The van der Waals surface area contributed by atoms with Crippen LogP contribution in [0, 0.1) is 5.82 Å². The van der Waals surface area contributed by atoms with Gasteiger partial charge in [0.1, 0.15) is 5.82 Å². The molecule has 18 heavy (non-hydrogen) atoms. The van der Waals surface area contributed by atoms with E-state index in [2.05, 4.69) is 5.32 Å². The molecule has 1 fully saturated rings. The third kappa shape index (κ3) is 3.53. The summed E-state index contributed by atoms with van der Waals surface area (Å²) < 4.78 is 13.1. The maximum atomic E-state index is 13.1. The molecule has 0 radical (unpaired) electrons. The zero-order chi connectivity index (χ0) is 13.0. The van der Waals surface area contributed by atoms with Gasteiger partial charge in [0.2, 0.25) is 0 Å². The lowest BCUT2D eigenvalue weighted by Crippen LogP contribution is -2.37.